The molecular formula is C20H31N3O3S. The van der Waals surface area contributed by atoms with Gasteiger partial charge in [-0.1, -0.05) is 36.8 Å². The minimum absolute atomic E-state index is 0.211. The number of nitrogens with zero attached hydrogens (tertiary/aromatic N) is 1. The summed E-state index contributed by atoms with van der Waals surface area (Å²) in [6.45, 7) is 3.85. The average molecular weight is 394 g/mol. The summed E-state index contributed by atoms with van der Waals surface area (Å²) in [5, 5.41) is 5.70. The van der Waals surface area contributed by atoms with E-state index in [9.17, 15) is 13.2 Å². The number of rotatable bonds is 7. The van der Waals surface area contributed by atoms with Gasteiger partial charge < -0.3 is 10.6 Å². The van der Waals surface area contributed by atoms with Crippen LogP contribution in [0.2, 0.25) is 0 Å². The predicted octanol–water partition coefficient (Wildman–Crippen LogP) is 2.17. The van der Waals surface area contributed by atoms with Gasteiger partial charge in [0.05, 0.1) is 4.75 Å². The van der Waals surface area contributed by atoms with Crippen molar-refractivity contribution in [3.05, 3.63) is 35.9 Å². The molecule has 1 unspecified atom stereocenters. The molecule has 2 aliphatic rings. The van der Waals surface area contributed by atoms with E-state index < -0.39 is 14.6 Å². The minimum atomic E-state index is -3.11. The van der Waals surface area contributed by atoms with Gasteiger partial charge in [0.15, 0.2) is 9.84 Å². The van der Waals surface area contributed by atoms with E-state index in [4.69, 9.17) is 0 Å². The second kappa shape index (κ2) is 8.61. The van der Waals surface area contributed by atoms with Gasteiger partial charge >= 0.3 is 6.03 Å². The second-order valence-corrected chi connectivity index (χ2v) is 10.5. The fourth-order valence-corrected chi connectivity index (χ4v) is 5.00. The van der Waals surface area contributed by atoms with Crippen LogP contribution in [0.3, 0.4) is 0 Å². The van der Waals surface area contributed by atoms with E-state index in [0.717, 1.165) is 26.1 Å². The number of carbonyl (C=O) groups is 1. The number of benzene rings is 1. The molecule has 1 atom stereocenters. The fraction of sp³-hybridized carbons (Fsp3) is 0.650. The number of likely N-dealkylation sites (tertiary alicyclic amines) is 1. The Kier molecular flexibility index (Phi) is 6.42. The third-order valence-corrected chi connectivity index (χ3v) is 7.94. The largest absolute Gasteiger partial charge is 0.338 e. The Balaban J connectivity index is 1.43. The molecule has 1 aliphatic carbocycles. The van der Waals surface area contributed by atoms with Crippen molar-refractivity contribution in [1.82, 2.24) is 15.5 Å². The Labute approximate surface area is 162 Å². The molecule has 27 heavy (non-hydrogen) atoms. The van der Waals surface area contributed by atoms with Crippen LogP contribution in [0.15, 0.2) is 30.3 Å². The summed E-state index contributed by atoms with van der Waals surface area (Å²) in [6.07, 6.45) is 6.01. The van der Waals surface area contributed by atoms with Gasteiger partial charge in [-0.3, -0.25) is 4.90 Å². The molecule has 6 nitrogen and oxygen atoms in total. The third kappa shape index (κ3) is 5.69. The van der Waals surface area contributed by atoms with E-state index in [0.29, 0.717) is 25.3 Å². The topological polar surface area (TPSA) is 78.5 Å². The first-order valence-electron chi connectivity index (χ1n) is 9.86. The van der Waals surface area contributed by atoms with Gasteiger partial charge in [0.2, 0.25) is 0 Å². The van der Waals surface area contributed by atoms with Crippen LogP contribution in [-0.4, -0.2) is 56.5 Å². The van der Waals surface area contributed by atoms with Crippen molar-refractivity contribution in [2.24, 2.45) is 5.92 Å². The summed E-state index contributed by atoms with van der Waals surface area (Å²) in [5.41, 5.74) is 1.32. The van der Waals surface area contributed by atoms with Crippen LogP contribution in [0.25, 0.3) is 0 Å². The zero-order chi connectivity index (χ0) is 19.3. The molecule has 1 aromatic carbocycles. The second-order valence-electron chi connectivity index (χ2n) is 8.10. The number of hydrogen-bond acceptors (Lipinski definition) is 4. The smallest absolute Gasteiger partial charge is 0.314 e. The lowest BCUT2D eigenvalue weighted by Crippen LogP contribution is -2.45. The van der Waals surface area contributed by atoms with Crippen molar-refractivity contribution in [3.8, 4) is 0 Å². The quantitative estimate of drug-likeness (QED) is 0.744. The van der Waals surface area contributed by atoms with Crippen LogP contribution < -0.4 is 10.6 Å². The number of nitrogens with one attached hydrogen (secondary N) is 2. The van der Waals surface area contributed by atoms with Crippen molar-refractivity contribution in [1.29, 1.82) is 0 Å². The molecule has 3 rings (SSSR count). The molecular weight excluding hydrogens is 362 g/mol. The van der Waals surface area contributed by atoms with Gasteiger partial charge in [0, 0.05) is 32.4 Å². The van der Waals surface area contributed by atoms with E-state index in [-0.39, 0.29) is 12.6 Å². The normalized spacial score (nSPS) is 22.6. The lowest BCUT2D eigenvalue weighted by atomic mass is 10.0. The van der Waals surface area contributed by atoms with Gasteiger partial charge in [0.1, 0.15) is 0 Å². The molecule has 1 saturated heterocycles. The molecule has 0 aromatic heterocycles. The van der Waals surface area contributed by atoms with Crippen molar-refractivity contribution < 1.29 is 13.2 Å². The highest BCUT2D eigenvalue weighted by Crippen LogP contribution is 2.42. The van der Waals surface area contributed by atoms with Gasteiger partial charge in [-0.15, -0.1) is 0 Å². The molecule has 2 fully saturated rings. The highest BCUT2D eigenvalue weighted by Gasteiger charge is 2.52. The zero-order valence-electron chi connectivity index (χ0n) is 16.1. The Morgan fingerprint density at radius 3 is 2.59 bits per heavy atom. The van der Waals surface area contributed by atoms with E-state index >= 15 is 0 Å². The molecule has 1 heterocycles. The molecule has 1 aliphatic heterocycles. The first-order chi connectivity index (χ1) is 12.9. The maximum atomic E-state index is 12.1. The molecule has 7 heteroatoms. The molecule has 1 aromatic rings. The SMILES string of the molecule is CS(=O)(=O)C1(CNC(=O)NCC2CCCCN(Cc3ccccc3)C2)CC1. The highest BCUT2D eigenvalue weighted by atomic mass is 32.2. The molecule has 0 radical (unpaired) electrons. The Hall–Kier alpha value is -1.60. The van der Waals surface area contributed by atoms with Crippen LogP contribution in [0.4, 0.5) is 4.79 Å². The van der Waals surface area contributed by atoms with Gasteiger partial charge in [-0.2, -0.15) is 0 Å². The molecule has 0 bridgehead atoms. The number of carbonyl (C=O) groups excluding carboxylic acids is 1. The Morgan fingerprint density at radius 2 is 1.93 bits per heavy atom. The Morgan fingerprint density at radius 1 is 1.19 bits per heavy atom. The molecule has 1 saturated carbocycles. The van der Waals surface area contributed by atoms with Gasteiger partial charge in [-0.05, 0) is 43.7 Å². The first kappa shape index (κ1) is 20.1. The maximum Gasteiger partial charge on any atom is 0.314 e. The summed E-state index contributed by atoms with van der Waals surface area (Å²) in [6, 6.07) is 10.2. The van der Waals surface area contributed by atoms with Crippen molar-refractivity contribution >= 4 is 15.9 Å². The summed E-state index contributed by atoms with van der Waals surface area (Å²) in [7, 11) is -3.11. The van der Waals surface area contributed by atoms with E-state index in [2.05, 4.69) is 39.8 Å². The molecule has 2 amide bonds. The monoisotopic (exact) mass is 393 g/mol. The number of urea groups is 1. The summed E-state index contributed by atoms with van der Waals surface area (Å²) in [4.78, 5) is 14.6. The van der Waals surface area contributed by atoms with E-state index in [1.807, 2.05) is 6.07 Å². The van der Waals surface area contributed by atoms with E-state index in [1.165, 1.54) is 24.7 Å². The summed E-state index contributed by atoms with van der Waals surface area (Å²) in [5.74, 6) is 0.423. The maximum absolute atomic E-state index is 12.1. The lowest BCUT2D eigenvalue weighted by Gasteiger charge is -2.24. The van der Waals surface area contributed by atoms with Crippen molar-refractivity contribution in [3.63, 3.8) is 0 Å². The minimum Gasteiger partial charge on any atom is -0.338 e. The third-order valence-electron chi connectivity index (χ3n) is 5.82. The summed E-state index contributed by atoms with van der Waals surface area (Å²) < 4.78 is 22.8. The van der Waals surface area contributed by atoms with Crippen LogP contribution in [0.1, 0.15) is 37.7 Å². The van der Waals surface area contributed by atoms with Gasteiger partial charge in [-0.25, -0.2) is 13.2 Å². The van der Waals surface area contributed by atoms with E-state index in [1.54, 1.807) is 0 Å². The highest BCUT2D eigenvalue weighted by molar-refractivity contribution is 7.92. The summed E-state index contributed by atoms with van der Waals surface area (Å²) >= 11 is 0. The first-order valence-corrected chi connectivity index (χ1v) is 11.7. The Bertz CT molecular complexity index is 732. The van der Waals surface area contributed by atoms with Crippen LogP contribution in [0, 0.1) is 5.92 Å². The average Bonchev–Trinajstić information content (AvgIpc) is 3.44. The molecule has 150 valence electrons. The van der Waals surface area contributed by atoms with Crippen molar-refractivity contribution in [2.45, 2.75) is 43.4 Å². The lowest BCUT2D eigenvalue weighted by molar-refractivity contribution is 0.225. The molecule has 2 N–H and O–H groups in total. The number of sulfone groups is 1. The standard InChI is InChI=1S/C20H31N3O3S/c1-27(25,26)20(10-11-20)16-22-19(24)21-13-18-9-5-6-12-23(15-18)14-17-7-3-2-4-8-17/h2-4,7-8,18H,5-6,9-16H2,1H3,(H2,21,22,24). The number of amides is 2. The fourth-order valence-electron chi connectivity index (χ4n) is 3.83. The molecule has 0 spiro atoms. The number of hydrogen-bond donors (Lipinski definition) is 2. The van der Waals surface area contributed by atoms with Gasteiger partial charge in [0.25, 0.3) is 0 Å². The predicted molar refractivity (Wildman–Crippen MR) is 107 cm³/mol. The van der Waals surface area contributed by atoms with Crippen molar-refractivity contribution in [2.75, 3.05) is 32.4 Å². The van der Waals surface area contributed by atoms with Crippen LogP contribution in [-0.2, 0) is 16.4 Å². The zero-order valence-corrected chi connectivity index (χ0v) is 16.9. The van der Waals surface area contributed by atoms with Crippen LogP contribution >= 0.6 is 0 Å². The van der Waals surface area contributed by atoms with Crippen LogP contribution in [0.5, 0.6) is 0 Å².